The van der Waals surface area contributed by atoms with Gasteiger partial charge in [0.1, 0.15) is 11.6 Å². The van der Waals surface area contributed by atoms with E-state index in [0.29, 0.717) is 6.07 Å². The molecule has 0 radical (unpaired) electrons. The molecule has 0 aliphatic carbocycles. The number of esters is 1. The van der Waals surface area contributed by atoms with Crippen LogP contribution in [0.25, 0.3) is 0 Å². The maximum Gasteiger partial charge on any atom is 0.341 e. The molecule has 0 saturated heterocycles. The molecule has 1 aromatic carbocycles. The van der Waals surface area contributed by atoms with E-state index in [-0.39, 0.29) is 12.2 Å². The summed E-state index contributed by atoms with van der Waals surface area (Å²) < 4.78 is 31.0. The van der Waals surface area contributed by atoms with Gasteiger partial charge in [-0.3, -0.25) is 0 Å². The molecule has 0 aliphatic heterocycles. The molecule has 0 heterocycles. The molecule has 0 bridgehead atoms. The summed E-state index contributed by atoms with van der Waals surface area (Å²) in [7, 11) is 0. The molecule has 20 heavy (non-hydrogen) atoms. The maximum absolute atomic E-state index is 13.3. The summed E-state index contributed by atoms with van der Waals surface area (Å²) in [5.74, 6) is -2.31. The molecule has 112 valence electrons. The summed E-state index contributed by atoms with van der Waals surface area (Å²) in [6.07, 6.45) is 7.84. The molecule has 0 aliphatic rings. The van der Waals surface area contributed by atoms with Crippen LogP contribution in [0.3, 0.4) is 0 Å². The van der Waals surface area contributed by atoms with Gasteiger partial charge in [-0.1, -0.05) is 45.4 Å². The number of hydrogen-bond donors (Lipinski definition) is 0. The van der Waals surface area contributed by atoms with Crippen molar-refractivity contribution in [2.24, 2.45) is 0 Å². The average molecular weight is 284 g/mol. The average Bonchev–Trinajstić information content (AvgIpc) is 2.41. The zero-order chi connectivity index (χ0) is 14.8. The molecule has 0 unspecified atom stereocenters. The van der Waals surface area contributed by atoms with Crippen molar-refractivity contribution in [2.75, 3.05) is 6.61 Å². The van der Waals surface area contributed by atoms with Crippen LogP contribution in [0.4, 0.5) is 8.78 Å². The Balaban J connectivity index is 2.17. The first-order chi connectivity index (χ1) is 9.65. The fraction of sp³-hybridized carbons (Fsp3) is 0.562. The molecule has 0 amide bonds. The third-order valence-corrected chi connectivity index (χ3v) is 3.13. The van der Waals surface area contributed by atoms with Crippen LogP contribution < -0.4 is 0 Å². The number of halogens is 2. The lowest BCUT2D eigenvalue weighted by Crippen LogP contribution is -2.08. The van der Waals surface area contributed by atoms with Crippen LogP contribution in [0.15, 0.2) is 18.2 Å². The van der Waals surface area contributed by atoms with Crippen LogP contribution in [0.2, 0.25) is 0 Å². The highest BCUT2D eigenvalue weighted by Gasteiger charge is 2.13. The summed E-state index contributed by atoms with van der Waals surface area (Å²) in [6.45, 7) is 2.46. The highest BCUT2D eigenvalue weighted by atomic mass is 19.1. The molecule has 0 spiro atoms. The molecule has 0 atom stereocenters. The fourth-order valence-electron chi connectivity index (χ4n) is 1.96. The molecule has 4 heteroatoms. The first-order valence-corrected chi connectivity index (χ1v) is 7.27. The van der Waals surface area contributed by atoms with Crippen LogP contribution in [0, 0.1) is 11.6 Å². The Hall–Kier alpha value is -1.45. The molecule has 0 N–H and O–H groups in total. The van der Waals surface area contributed by atoms with Crippen molar-refractivity contribution in [1.82, 2.24) is 0 Å². The van der Waals surface area contributed by atoms with Gasteiger partial charge < -0.3 is 4.74 Å². The Morgan fingerprint density at radius 1 is 1.05 bits per heavy atom. The van der Waals surface area contributed by atoms with Gasteiger partial charge >= 0.3 is 5.97 Å². The molecule has 0 saturated carbocycles. The van der Waals surface area contributed by atoms with Crippen molar-refractivity contribution in [3.05, 3.63) is 35.4 Å². The minimum Gasteiger partial charge on any atom is -0.462 e. The molecule has 1 aromatic rings. The van der Waals surface area contributed by atoms with E-state index in [1.165, 1.54) is 25.7 Å². The second kappa shape index (κ2) is 9.45. The largest absolute Gasteiger partial charge is 0.462 e. The summed E-state index contributed by atoms with van der Waals surface area (Å²) in [5.41, 5.74) is -0.214. The zero-order valence-electron chi connectivity index (χ0n) is 12.0. The summed E-state index contributed by atoms with van der Waals surface area (Å²) in [5, 5.41) is 0. The van der Waals surface area contributed by atoms with Crippen LogP contribution in [-0.2, 0) is 4.74 Å². The minimum atomic E-state index is -0.880. The first kappa shape index (κ1) is 16.6. The van der Waals surface area contributed by atoms with E-state index in [1.807, 2.05) is 0 Å². The number of rotatable bonds is 9. The lowest BCUT2D eigenvalue weighted by atomic mass is 10.1. The maximum atomic E-state index is 13.3. The second-order valence-electron chi connectivity index (χ2n) is 4.88. The van der Waals surface area contributed by atoms with Gasteiger partial charge in [-0.25, -0.2) is 13.6 Å². The summed E-state index contributed by atoms with van der Waals surface area (Å²) >= 11 is 0. The monoisotopic (exact) mass is 284 g/mol. The Labute approximate surface area is 119 Å². The Bertz CT molecular complexity index is 419. The topological polar surface area (TPSA) is 26.3 Å². The number of unbranched alkanes of at least 4 members (excludes halogenated alkanes) is 6. The van der Waals surface area contributed by atoms with Crippen molar-refractivity contribution >= 4 is 5.97 Å². The van der Waals surface area contributed by atoms with Crippen molar-refractivity contribution < 1.29 is 18.3 Å². The van der Waals surface area contributed by atoms with E-state index < -0.39 is 17.6 Å². The molecular formula is C16H22F2O2. The van der Waals surface area contributed by atoms with Crippen molar-refractivity contribution in [3.63, 3.8) is 0 Å². The van der Waals surface area contributed by atoms with Gasteiger partial charge in [-0.15, -0.1) is 0 Å². The lowest BCUT2D eigenvalue weighted by Gasteiger charge is -2.06. The van der Waals surface area contributed by atoms with Crippen LogP contribution >= 0.6 is 0 Å². The van der Waals surface area contributed by atoms with E-state index in [4.69, 9.17) is 4.74 Å². The molecule has 0 aromatic heterocycles. The van der Waals surface area contributed by atoms with E-state index in [2.05, 4.69) is 6.92 Å². The predicted molar refractivity (Wildman–Crippen MR) is 74.6 cm³/mol. The van der Waals surface area contributed by atoms with E-state index >= 15 is 0 Å². The number of carbonyl (C=O) groups excluding carboxylic acids is 1. The number of ether oxygens (including phenoxy) is 1. The minimum absolute atomic E-state index is 0.214. The van der Waals surface area contributed by atoms with Gasteiger partial charge in [0.15, 0.2) is 0 Å². The second-order valence-corrected chi connectivity index (χ2v) is 4.88. The van der Waals surface area contributed by atoms with Crippen LogP contribution in [0.1, 0.15) is 62.2 Å². The van der Waals surface area contributed by atoms with E-state index in [1.54, 1.807) is 0 Å². The van der Waals surface area contributed by atoms with Gasteiger partial charge in [0.25, 0.3) is 0 Å². The zero-order valence-corrected chi connectivity index (χ0v) is 12.0. The normalized spacial score (nSPS) is 10.6. The standard InChI is InChI=1S/C16H22F2O2/c1-2-3-4-5-6-7-8-11-20-16(19)14-10-9-13(17)12-15(14)18/h9-10,12H,2-8,11H2,1H3. The molecule has 2 nitrogen and oxygen atoms in total. The highest BCUT2D eigenvalue weighted by molar-refractivity contribution is 5.89. The quantitative estimate of drug-likeness (QED) is 0.477. The van der Waals surface area contributed by atoms with E-state index in [0.717, 1.165) is 31.4 Å². The lowest BCUT2D eigenvalue weighted by molar-refractivity contribution is 0.0492. The number of hydrogen-bond acceptors (Lipinski definition) is 2. The molecule has 0 fully saturated rings. The van der Waals surface area contributed by atoms with Gasteiger partial charge in [0, 0.05) is 6.07 Å². The van der Waals surface area contributed by atoms with Crippen molar-refractivity contribution in [2.45, 2.75) is 51.9 Å². The number of carbonyl (C=O) groups is 1. The van der Waals surface area contributed by atoms with Crippen LogP contribution in [0.5, 0.6) is 0 Å². The van der Waals surface area contributed by atoms with Gasteiger partial charge in [-0.2, -0.15) is 0 Å². The Morgan fingerprint density at radius 3 is 2.35 bits per heavy atom. The van der Waals surface area contributed by atoms with Gasteiger partial charge in [0.05, 0.1) is 12.2 Å². The highest BCUT2D eigenvalue weighted by Crippen LogP contribution is 2.12. The third-order valence-electron chi connectivity index (χ3n) is 3.13. The fourth-order valence-corrected chi connectivity index (χ4v) is 1.96. The number of benzene rings is 1. The Morgan fingerprint density at radius 2 is 1.70 bits per heavy atom. The molecular weight excluding hydrogens is 262 g/mol. The van der Waals surface area contributed by atoms with Crippen molar-refractivity contribution in [3.8, 4) is 0 Å². The van der Waals surface area contributed by atoms with Gasteiger partial charge in [0.2, 0.25) is 0 Å². The smallest absolute Gasteiger partial charge is 0.341 e. The molecule has 1 rings (SSSR count). The van der Waals surface area contributed by atoms with Gasteiger partial charge in [-0.05, 0) is 18.6 Å². The van der Waals surface area contributed by atoms with Crippen molar-refractivity contribution in [1.29, 1.82) is 0 Å². The van der Waals surface area contributed by atoms with E-state index in [9.17, 15) is 13.6 Å². The predicted octanol–water partition coefficient (Wildman–Crippen LogP) is 4.87. The third kappa shape index (κ3) is 6.13. The summed E-state index contributed by atoms with van der Waals surface area (Å²) in [4.78, 5) is 11.6. The first-order valence-electron chi connectivity index (χ1n) is 7.27. The van der Waals surface area contributed by atoms with Crippen LogP contribution in [-0.4, -0.2) is 12.6 Å². The Kier molecular flexibility index (Phi) is 7.85. The summed E-state index contributed by atoms with van der Waals surface area (Å²) in [6, 6.07) is 2.84. The SMILES string of the molecule is CCCCCCCCCOC(=O)c1ccc(F)cc1F.